The minimum absolute atomic E-state index is 0.0277. The Balaban J connectivity index is 1.79. The zero-order valence-corrected chi connectivity index (χ0v) is 17.1. The van der Waals surface area contributed by atoms with Gasteiger partial charge in [0, 0.05) is 21.5 Å². The zero-order valence-electron chi connectivity index (χ0n) is 15.5. The molecule has 1 amide bonds. The Morgan fingerprint density at radius 2 is 2.04 bits per heavy atom. The van der Waals surface area contributed by atoms with Gasteiger partial charge in [-0.2, -0.15) is 0 Å². The number of nitrogens with one attached hydrogen (secondary N) is 1. The highest BCUT2D eigenvalue weighted by Crippen LogP contribution is 2.34. The monoisotopic (exact) mass is 399 g/mol. The van der Waals surface area contributed by atoms with E-state index < -0.39 is 0 Å². The quantitative estimate of drug-likeness (QED) is 0.345. The van der Waals surface area contributed by atoms with Gasteiger partial charge in [0.05, 0.1) is 5.25 Å². The molecule has 3 aromatic rings. The number of thioether (sulfide) groups is 1. The fourth-order valence-corrected chi connectivity index (χ4v) is 4.64. The van der Waals surface area contributed by atoms with E-state index in [1.165, 1.54) is 23.6 Å². The Hall–Kier alpha value is -2.25. The van der Waals surface area contributed by atoms with Crippen molar-refractivity contribution in [3.63, 3.8) is 0 Å². The van der Waals surface area contributed by atoms with Crippen LogP contribution in [-0.4, -0.2) is 26.9 Å². The van der Waals surface area contributed by atoms with Gasteiger partial charge in [-0.1, -0.05) is 37.7 Å². The number of aromatic nitrogens is 2. The lowest BCUT2D eigenvalue weighted by Crippen LogP contribution is -2.24. The second-order valence-electron chi connectivity index (χ2n) is 6.10. The number of hydrogen-bond acceptors (Lipinski definition) is 6. The van der Waals surface area contributed by atoms with Crippen LogP contribution in [0.15, 0.2) is 41.7 Å². The third kappa shape index (κ3) is 4.54. The molecular weight excluding hydrogens is 378 g/mol. The van der Waals surface area contributed by atoms with Crippen LogP contribution >= 0.6 is 23.1 Å². The van der Waals surface area contributed by atoms with Gasteiger partial charge >= 0.3 is 0 Å². The number of hydrogen-bond donors (Lipinski definition) is 1. The van der Waals surface area contributed by atoms with Crippen molar-refractivity contribution in [1.29, 1.82) is 0 Å². The number of aryl methyl sites for hydroxylation is 1. The number of rotatable bonds is 7. The molecule has 0 spiro atoms. The summed E-state index contributed by atoms with van der Waals surface area (Å²) in [7, 11) is 0. The van der Waals surface area contributed by atoms with Gasteiger partial charge in [-0.3, -0.25) is 9.59 Å². The van der Waals surface area contributed by atoms with Gasteiger partial charge < -0.3 is 5.32 Å². The summed E-state index contributed by atoms with van der Waals surface area (Å²) < 4.78 is 0. The highest BCUT2D eigenvalue weighted by molar-refractivity contribution is 8.00. The number of carbonyl (C=O) groups excluding carboxylic acids is 2. The molecule has 0 aliphatic heterocycles. The van der Waals surface area contributed by atoms with Gasteiger partial charge in [-0.15, -0.1) is 11.3 Å². The first-order valence-corrected chi connectivity index (χ1v) is 10.5. The highest BCUT2D eigenvalue weighted by Gasteiger charge is 2.21. The van der Waals surface area contributed by atoms with Crippen molar-refractivity contribution in [2.24, 2.45) is 0 Å². The third-order valence-corrected chi connectivity index (χ3v) is 6.71. The number of fused-ring (bicyclic) bond motifs is 1. The van der Waals surface area contributed by atoms with Crippen LogP contribution in [0.2, 0.25) is 0 Å². The summed E-state index contributed by atoms with van der Waals surface area (Å²) in [4.78, 5) is 35.3. The molecule has 0 saturated carbocycles. The molecule has 0 radical (unpaired) electrons. The van der Waals surface area contributed by atoms with Gasteiger partial charge in [0.1, 0.15) is 16.2 Å². The normalized spacial score (nSPS) is 12.1. The largest absolute Gasteiger partial charge is 0.325 e. The number of Topliss-reactive ketones (excluding diaryl/α,β-unsaturated/α-hetero) is 1. The molecule has 3 rings (SSSR count). The van der Waals surface area contributed by atoms with E-state index in [9.17, 15) is 9.59 Å². The first kappa shape index (κ1) is 19.5. The lowest BCUT2D eigenvalue weighted by Gasteiger charge is -2.15. The highest BCUT2D eigenvalue weighted by atomic mass is 32.2. The lowest BCUT2D eigenvalue weighted by molar-refractivity contribution is -0.115. The number of anilines is 1. The van der Waals surface area contributed by atoms with E-state index in [2.05, 4.69) is 28.3 Å². The Bertz CT molecular complexity index is 984. The minimum atomic E-state index is -0.283. The zero-order chi connectivity index (χ0) is 19.4. The Kier molecular flexibility index (Phi) is 6.23. The molecule has 1 N–H and O–H groups in total. The minimum Gasteiger partial charge on any atom is -0.325 e. The van der Waals surface area contributed by atoms with Crippen molar-refractivity contribution in [2.75, 3.05) is 5.32 Å². The molecular formula is C20H21N3O2S2. The van der Waals surface area contributed by atoms with E-state index in [4.69, 9.17) is 0 Å². The SMILES string of the molecule is CCc1cc2c(SC(CC)C(=O)Nc3cccc(C(C)=O)c3)ncnc2s1. The summed E-state index contributed by atoms with van der Waals surface area (Å²) in [5.74, 6) is -0.124. The maximum absolute atomic E-state index is 12.8. The maximum atomic E-state index is 12.8. The van der Waals surface area contributed by atoms with Gasteiger partial charge in [-0.05, 0) is 38.0 Å². The molecule has 140 valence electrons. The summed E-state index contributed by atoms with van der Waals surface area (Å²) in [5, 5.41) is 4.47. The molecule has 1 aromatic carbocycles. The van der Waals surface area contributed by atoms with Gasteiger partial charge in [0.25, 0.3) is 0 Å². The molecule has 0 bridgehead atoms. The number of carbonyl (C=O) groups is 2. The van der Waals surface area contributed by atoms with E-state index in [1.807, 2.05) is 6.92 Å². The van der Waals surface area contributed by atoms with Crippen LogP contribution in [0.1, 0.15) is 42.4 Å². The number of amides is 1. The molecule has 0 fully saturated rings. The molecule has 2 heterocycles. The van der Waals surface area contributed by atoms with Crippen LogP contribution in [0.4, 0.5) is 5.69 Å². The van der Waals surface area contributed by atoms with Crippen molar-refractivity contribution in [1.82, 2.24) is 9.97 Å². The fraction of sp³-hybridized carbons (Fsp3) is 0.300. The second-order valence-corrected chi connectivity index (χ2v) is 8.41. The third-order valence-electron chi connectivity index (χ3n) is 4.15. The standard InChI is InChI=1S/C20H21N3O2S2/c1-4-15-10-16-19(26-15)21-11-22-20(16)27-17(5-2)18(25)23-14-8-6-7-13(9-14)12(3)24/h6-11,17H,4-5H2,1-3H3,(H,23,25). The average Bonchev–Trinajstić information content (AvgIpc) is 3.10. The number of thiophene rings is 1. The first-order valence-electron chi connectivity index (χ1n) is 8.83. The summed E-state index contributed by atoms with van der Waals surface area (Å²) in [6.45, 7) is 5.60. The Morgan fingerprint density at radius 3 is 2.74 bits per heavy atom. The Morgan fingerprint density at radius 1 is 1.22 bits per heavy atom. The lowest BCUT2D eigenvalue weighted by atomic mass is 10.1. The van der Waals surface area contributed by atoms with E-state index in [0.29, 0.717) is 17.7 Å². The predicted molar refractivity (Wildman–Crippen MR) is 112 cm³/mol. The molecule has 0 saturated heterocycles. The molecule has 0 aliphatic carbocycles. The summed E-state index contributed by atoms with van der Waals surface area (Å²) >= 11 is 3.12. The molecule has 0 aliphatic rings. The first-order chi connectivity index (χ1) is 13.0. The van der Waals surface area contributed by atoms with Crippen molar-refractivity contribution >= 4 is 50.7 Å². The van der Waals surface area contributed by atoms with Gasteiger partial charge in [-0.25, -0.2) is 9.97 Å². The van der Waals surface area contributed by atoms with Crippen LogP contribution in [-0.2, 0) is 11.2 Å². The van der Waals surface area contributed by atoms with E-state index >= 15 is 0 Å². The van der Waals surface area contributed by atoms with Crippen LogP contribution in [0.3, 0.4) is 0 Å². The van der Waals surface area contributed by atoms with Crippen molar-refractivity contribution < 1.29 is 9.59 Å². The second kappa shape index (κ2) is 8.63. The summed E-state index contributed by atoms with van der Waals surface area (Å²) in [5.41, 5.74) is 1.21. The molecule has 7 heteroatoms. The number of ketones is 1. The summed E-state index contributed by atoms with van der Waals surface area (Å²) in [6, 6.07) is 9.11. The molecule has 1 atom stereocenters. The molecule has 27 heavy (non-hydrogen) atoms. The summed E-state index contributed by atoms with van der Waals surface area (Å²) in [6.07, 6.45) is 3.18. The fourth-order valence-electron chi connectivity index (χ4n) is 2.65. The topological polar surface area (TPSA) is 72.0 Å². The van der Waals surface area contributed by atoms with Crippen LogP contribution < -0.4 is 5.32 Å². The average molecular weight is 400 g/mol. The predicted octanol–water partition coefficient (Wildman–Crippen LogP) is 4.97. The molecule has 2 aromatic heterocycles. The molecule has 5 nitrogen and oxygen atoms in total. The van der Waals surface area contributed by atoms with E-state index in [0.717, 1.165) is 21.7 Å². The van der Waals surface area contributed by atoms with Crippen molar-refractivity contribution in [3.8, 4) is 0 Å². The van der Waals surface area contributed by atoms with Crippen LogP contribution in [0.5, 0.6) is 0 Å². The van der Waals surface area contributed by atoms with Crippen molar-refractivity contribution in [3.05, 3.63) is 47.1 Å². The smallest absolute Gasteiger partial charge is 0.237 e. The number of benzene rings is 1. The van der Waals surface area contributed by atoms with Gasteiger partial charge in [0.2, 0.25) is 5.91 Å². The van der Waals surface area contributed by atoms with Crippen molar-refractivity contribution in [2.45, 2.75) is 43.9 Å². The van der Waals surface area contributed by atoms with Gasteiger partial charge in [0.15, 0.2) is 5.78 Å². The maximum Gasteiger partial charge on any atom is 0.237 e. The molecule has 1 unspecified atom stereocenters. The Labute approximate surface area is 166 Å². The van der Waals surface area contributed by atoms with E-state index in [1.54, 1.807) is 41.9 Å². The van der Waals surface area contributed by atoms with Crippen LogP contribution in [0, 0.1) is 0 Å². The van der Waals surface area contributed by atoms with Crippen LogP contribution in [0.25, 0.3) is 10.2 Å². The van der Waals surface area contributed by atoms with E-state index in [-0.39, 0.29) is 16.9 Å². The number of nitrogens with zero attached hydrogens (tertiary/aromatic N) is 2.